The lowest BCUT2D eigenvalue weighted by molar-refractivity contribution is -0.130. The van der Waals surface area contributed by atoms with Gasteiger partial charge in [0.15, 0.2) is 0 Å². The summed E-state index contributed by atoms with van der Waals surface area (Å²) in [5.41, 5.74) is 0. The molecule has 1 N–H and O–H groups in total. The third kappa shape index (κ3) is 5.23. The van der Waals surface area contributed by atoms with Crippen molar-refractivity contribution in [2.75, 3.05) is 32.7 Å². The van der Waals surface area contributed by atoms with E-state index in [-0.39, 0.29) is 45.8 Å². The average molecular weight is 462 g/mol. The van der Waals surface area contributed by atoms with E-state index in [1.165, 1.54) is 16.4 Å². The molecule has 2 amide bonds. The van der Waals surface area contributed by atoms with Gasteiger partial charge in [-0.15, -0.1) is 0 Å². The summed E-state index contributed by atoms with van der Waals surface area (Å²) in [6, 6.07) is 4.57. The Labute approximate surface area is 181 Å². The molecule has 10 heteroatoms. The summed E-state index contributed by atoms with van der Waals surface area (Å²) in [4.78, 5) is 26.2. The predicted molar refractivity (Wildman–Crippen MR) is 111 cm³/mol. The maximum atomic E-state index is 12.9. The summed E-state index contributed by atoms with van der Waals surface area (Å²) in [5, 5.41) is 2.98. The Kier molecular flexibility index (Phi) is 7.42. The van der Waals surface area contributed by atoms with Crippen molar-refractivity contribution < 1.29 is 18.0 Å². The quantitative estimate of drug-likeness (QED) is 0.704. The molecule has 2 aliphatic heterocycles. The third-order valence-corrected chi connectivity index (χ3v) is 8.29. The molecule has 0 aromatic heterocycles. The lowest BCUT2D eigenvalue weighted by atomic mass is 9.97. The zero-order valence-corrected chi connectivity index (χ0v) is 18.4. The van der Waals surface area contributed by atoms with E-state index in [1.54, 1.807) is 6.07 Å². The van der Waals surface area contributed by atoms with Crippen LogP contribution in [0.4, 0.5) is 0 Å². The second-order valence-corrected chi connectivity index (χ2v) is 10.0. The first-order valence-corrected chi connectivity index (χ1v) is 12.0. The first kappa shape index (κ1) is 22.3. The number of benzene rings is 1. The molecule has 1 aromatic carbocycles. The summed E-state index contributed by atoms with van der Waals surface area (Å²) in [7, 11) is -3.82. The van der Waals surface area contributed by atoms with Gasteiger partial charge in [-0.25, -0.2) is 8.42 Å². The minimum absolute atomic E-state index is 0.0698. The van der Waals surface area contributed by atoms with Gasteiger partial charge >= 0.3 is 0 Å². The number of nitrogens with one attached hydrogen (secondary N) is 1. The number of carbonyl (C=O) groups is 2. The second kappa shape index (κ2) is 9.64. The Morgan fingerprint density at radius 2 is 1.62 bits per heavy atom. The Morgan fingerprint density at radius 1 is 1.03 bits per heavy atom. The molecule has 2 aliphatic rings. The van der Waals surface area contributed by atoms with Crippen molar-refractivity contribution in [1.29, 1.82) is 0 Å². The lowest BCUT2D eigenvalue weighted by Gasteiger charge is -2.31. The van der Waals surface area contributed by atoms with Gasteiger partial charge in [0.25, 0.3) is 0 Å². The SMILES string of the molecule is O=C(NCCC(=O)N1CCCC1)C1CCN(S(=O)(=O)c2c(Cl)cccc2Cl)CC1. The van der Waals surface area contributed by atoms with E-state index in [1.807, 2.05) is 4.90 Å². The number of piperidine rings is 1. The highest BCUT2D eigenvalue weighted by Gasteiger charge is 2.34. The minimum Gasteiger partial charge on any atom is -0.355 e. The largest absolute Gasteiger partial charge is 0.355 e. The summed E-state index contributed by atoms with van der Waals surface area (Å²) in [6.45, 7) is 2.34. The highest BCUT2D eigenvalue weighted by molar-refractivity contribution is 7.89. The molecule has 0 saturated carbocycles. The molecule has 2 fully saturated rings. The van der Waals surface area contributed by atoms with Gasteiger partial charge in [-0.05, 0) is 37.8 Å². The van der Waals surface area contributed by atoms with E-state index in [9.17, 15) is 18.0 Å². The van der Waals surface area contributed by atoms with Gasteiger partial charge in [0.2, 0.25) is 21.8 Å². The molecule has 0 atom stereocenters. The highest BCUT2D eigenvalue weighted by Crippen LogP contribution is 2.33. The zero-order valence-electron chi connectivity index (χ0n) is 16.1. The Hall–Kier alpha value is -1.35. The number of hydrogen-bond acceptors (Lipinski definition) is 4. The standard InChI is InChI=1S/C19H25Cl2N3O4S/c20-15-4-3-5-16(21)18(15)29(27,28)24-12-7-14(8-13-24)19(26)22-9-6-17(25)23-10-1-2-11-23/h3-5,14H,1-2,6-13H2,(H,22,26). The van der Waals surface area contributed by atoms with Crippen LogP contribution in [-0.4, -0.2) is 62.2 Å². The molecule has 2 saturated heterocycles. The smallest absolute Gasteiger partial charge is 0.246 e. The van der Waals surface area contributed by atoms with Crippen LogP contribution in [0.25, 0.3) is 0 Å². The van der Waals surface area contributed by atoms with Gasteiger partial charge in [0.1, 0.15) is 4.90 Å². The monoisotopic (exact) mass is 461 g/mol. The molecule has 1 aromatic rings. The van der Waals surface area contributed by atoms with Crippen molar-refractivity contribution in [1.82, 2.24) is 14.5 Å². The van der Waals surface area contributed by atoms with Crippen LogP contribution in [0.2, 0.25) is 10.0 Å². The van der Waals surface area contributed by atoms with Crippen molar-refractivity contribution in [3.8, 4) is 0 Å². The number of halogens is 2. The number of carbonyl (C=O) groups excluding carboxylic acids is 2. The van der Waals surface area contributed by atoms with Crippen molar-refractivity contribution >= 4 is 45.0 Å². The molecule has 0 bridgehead atoms. The zero-order chi connectivity index (χ0) is 21.0. The topological polar surface area (TPSA) is 86.8 Å². The number of hydrogen-bond donors (Lipinski definition) is 1. The van der Waals surface area contributed by atoms with Gasteiger partial charge < -0.3 is 10.2 Å². The summed E-state index contributed by atoms with van der Waals surface area (Å²) >= 11 is 12.1. The Bertz CT molecular complexity index is 844. The van der Waals surface area contributed by atoms with Crippen molar-refractivity contribution in [2.24, 2.45) is 5.92 Å². The van der Waals surface area contributed by atoms with Crippen LogP contribution in [0.15, 0.2) is 23.1 Å². The number of nitrogens with zero attached hydrogens (tertiary/aromatic N) is 2. The van der Waals surface area contributed by atoms with Crippen molar-refractivity contribution in [3.05, 3.63) is 28.2 Å². The molecule has 0 spiro atoms. The first-order valence-electron chi connectivity index (χ1n) is 9.80. The molecule has 160 valence electrons. The third-order valence-electron chi connectivity index (χ3n) is 5.44. The Balaban J connectivity index is 1.49. The normalized spacial score (nSPS) is 18.8. The van der Waals surface area contributed by atoms with Gasteiger partial charge in [0, 0.05) is 45.1 Å². The van der Waals surface area contributed by atoms with E-state index in [0.29, 0.717) is 25.8 Å². The molecule has 0 radical (unpaired) electrons. The molecular formula is C19H25Cl2N3O4S. The molecule has 3 rings (SSSR count). The first-order chi connectivity index (χ1) is 13.8. The van der Waals surface area contributed by atoms with Gasteiger partial charge in [0.05, 0.1) is 10.0 Å². The van der Waals surface area contributed by atoms with Gasteiger partial charge in [-0.2, -0.15) is 4.31 Å². The highest BCUT2D eigenvalue weighted by atomic mass is 35.5. The fourth-order valence-electron chi connectivity index (χ4n) is 3.78. The summed E-state index contributed by atoms with van der Waals surface area (Å²) in [5.74, 6) is -0.336. The number of likely N-dealkylation sites (tertiary alicyclic amines) is 1. The predicted octanol–water partition coefficient (Wildman–Crippen LogP) is 2.52. The van der Waals surface area contributed by atoms with Crippen LogP contribution in [0, 0.1) is 5.92 Å². The fraction of sp³-hybridized carbons (Fsp3) is 0.579. The molecule has 29 heavy (non-hydrogen) atoms. The molecule has 0 aliphatic carbocycles. The van der Waals surface area contributed by atoms with Crippen molar-refractivity contribution in [2.45, 2.75) is 37.0 Å². The lowest BCUT2D eigenvalue weighted by Crippen LogP contribution is -2.43. The van der Waals surface area contributed by atoms with Crippen LogP contribution in [0.5, 0.6) is 0 Å². The van der Waals surface area contributed by atoms with Crippen LogP contribution in [0.1, 0.15) is 32.1 Å². The maximum absolute atomic E-state index is 12.9. The van der Waals surface area contributed by atoms with E-state index in [2.05, 4.69) is 5.32 Å². The molecule has 2 heterocycles. The van der Waals surface area contributed by atoms with Crippen molar-refractivity contribution in [3.63, 3.8) is 0 Å². The van der Waals surface area contributed by atoms with Crippen LogP contribution < -0.4 is 5.32 Å². The van der Waals surface area contributed by atoms with Crippen LogP contribution in [-0.2, 0) is 19.6 Å². The van der Waals surface area contributed by atoms with E-state index in [4.69, 9.17) is 23.2 Å². The molecule has 0 unspecified atom stereocenters. The number of sulfonamides is 1. The number of rotatable bonds is 6. The Morgan fingerprint density at radius 3 is 2.21 bits per heavy atom. The van der Waals surface area contributed by atoms with Crippen LogP contribution in [0.3, 0.4) is 0 Å². The summed E-state index contributed by atoms with van der Waals surface area (Å²) in [6.07, 6.45) is 3.20. The second-order valence-electron chi connectivity index (χ2n) is 7.36. The average Bonchev–Trinajstić information content (AvgIpc) is 3.22. The number of amides is 2. The van der Waals surface area contributed by atoms with Gasteiger partial charge in [-0.1, -0.05) is 29.3 Å². The van der Waals surface area contributed by atoms with E-state index < -0.39 is 10.0 Å². The van der Waals surface area contributed by atoms with Gasteiger partial charge in [-0.3, -0.25) is 9.59 Å². The van der Waals surface area contributed by atoms with E-state index in [0.717, 1.165) is 25.9 Å². The van der Waals surface area contributed by atoms with Crippen LogP contribution >= 0.6 is 23.2 Å². The van der Waals surface area contributed by atoms with E-state index >= 15 is 0 Å². The fourth-order valence-corrected chi connectivity index (χ4v) is 6.34. The molecule has 7 nitrogen and oxygen atoms in total. The maximum Gasteiger partial charge on any atom is 0.246 e. The summed E-state index contributed by atoms with van der Waals surface area (Å²) < 4.78 is 27.1. The molecular weight excluding hydrogens is 437 g/mol. The minimum atomic E-state index is -3.82.